The van der Waals surface area contributed by atoms with E-state index in [1.807, 2.05) is 12.3 Å². The Bertz CT molecular complexity index is 385. The highest BCUT2D eigenvalue weighted by Gasteiger charge is 2.27. The van der Waals surface area contributed by atoms with E-state index >= 15 is 0 Å². The average Bonchev–Trinajstić information content (AvgIpc) is 2.43. The monoisotopic (exact) mass is 280 g/mol. The molecule has 2 aliphatic heterocycles. The average molecular weight is 280 g/mol. The largest absolute Gasteiger partial charge is 0.441 e. The van der Waals surface area contributed by atoms with E-state index in [-0.39, 0.29) is 12.2 Å². The Hall–Kier alpha value is -2.02. The van der Waals surface area contributed by atoms with Crippen molar-refractivity contribution in [3.8, 4) is 0 Å². The van der Waals surface area contributed by atoms with E-state index in [9.17, 15) is 4.79 Å². The van der Waals surface area contributed by atoms with Crippen LogP contribution >= 0.6 is 0 Å². The van der Waals surface area contributed by atoms with Gasteiger partial charge in [-0.1, -0.05) is 6.58 Å². The molecule has 2 fully saturated rings. The Morgan fingerprint density at radius 2 is 2.10 bits per heavy atom. The van der Waals surface area contributed by atoms with Gasteiger partial charge in [0.15, 0.2) is 6.10 Å². The first kappa shape index (κ1) is 14.4. The third-order valence-electron chi connectivity index (χ3n) is 3.07. The van der Waals surface area contributed by atoms with Crippen molar-refractivity contribution in [1.29, 1.82) is 0 Å². The van der Waals surface area contributed by atoms with Crippen LogP contribution in [0.4, 0.5) is 4.79 Å². The summed E-state index contributed by atoms with van der Waals surface area (Å²) in [5, 5.41) is 3.86. The van der Waals surface area contributed by atoms with Gasteiger partial charge in [-0.05, 0) is 6.08 Å². The van der Waals surface area contributed by atoms with Crippen LogP contribution in [0.15, 0.2) is 30.2 Å². The lowest BCUT2D eigenvalue weighted by molar-refractivity contribution is -0.105. The van der Waals surface area contributed by atoms with Crippen LogP contribution in [0.2, 0.25) is 0 Å². The maximum Gasteiger partial charge on any atom is 0.410 e. The summed E-state index contributed by atoms with van der Waals surface area (Å²) >= 11 is 0. The maximum absolute atomic E-state index is 11.8. The van der Waals surface area contributed by atoms with Crippen molar-refractivity contribution in [3.63, 3.8) is 0 Å². The fourth-order valence-electron chi connectivity index (χ4n) is 1.85. The molecule has 0 radical (unpaired) electrons. The highest BCUT2D eigenvalue weighted by Crippen LogP contribution is 2.10. The number of hydrogen-bond acceptors (Lipinski definition) is 6. The molecule has 0 spiro atoms. The van der Waals surface area contributed by atoms with Gasteiger partial charge >= 0.3 is 6.09 Å². The van der Waals surface area contributed by atoms with E-state index in [4.69, 9.17) is 9.47 Å². The number of nitrogens with zero attached hydrogens (tertiary/aromatic N) is 3. The summed E-state index contributed by atoms with van der Waals surface area (Å²) in [5.74, 6) is 0. The summed E-state index contributed by atoms with van der Waals surface area (Å²) in [7, 11) is 0. The third-order valence-corrected chi connectivity index (χ3v) is 3.07. The van der Waals surface area contributed by atoms with E-state index in [0.29, 0.717) is 26.3 Å². The van der Waals surface area contributed by atoms with Gasteiger partial charge in [-0.3, -0.25) is 5.43 Å². The van der Waals surface area contributed by atoms with Crippen LogP contribution in [0.3, 0.4) is 0 Å². The summed E-state index contributed by atoms with van der Waals surface area (Å²) < 4.78 is 10.2. The summed E-state index contributed by atoms with van der Waals surface area (Å²) in [5.41, 5.74) is 2.62. The van der Waals surface area contributed by atoms with Crippen LogP contribution in [-0.4, -0.2) is 67.6 Å². The number of piperazine rings is 1. The van der Waals surface area contributed by atoms with Gasteiger partial charge in [-0.25, -0.2) is 4.79 Å². The normalized spacial score (nSPS) is 20.2. The molecule has 0 aromatic carbocycles. The van der Waals surface area contributed by atoms with Crippen LogP contribution in [0.1, 0.15) is 0 Å². The van der Waals surface area contributed by atoms with Crippen LogP contribution < -0.4 is 5.43 Å². The fraction of sp³-hybridized carbons (Fsp3) is 0.538. The first-order chi connectivity index (χ1) is 9.79. The summed E-state index contributed by atoms with van der Waals surface area (Å²) in [6.45, 7) is 7.43. The molecule has 2 saturated heterocycles. The Morgan fingerprint density at radius 1 is 1.35 bits per heavy atom. The Kier molecular flexibility index (Phi) is 5.43. The Labute approximate surface area is 118 Å². The topological polar surface area (TPSA) is 66.4 Å². The maximum atomic E-state index is 11.8. The van der Waals surface area contributed by atoms with Gasteiger partial charge in [0.2, 0.25) is 0 Å². The van der Waals surface area contributed by atoms with Gasteiger partial charge in [-0.2, -0.15) is 5.10 Å². The number of ether oxygens (including phenoxy) is 2. The summed E-state index contributed by atoms with van der Waals surface area (Å²) in [4.78, 5) is 15.7. The van der Waals surface area contributed by atoms with Gasteiger partial charge in [-0.15, -0.1) is 0 Å². The van der Waals surface area contributed by atoms with Gasteiger partial charge in [0.05, 0.1) is 13.2 Å². The molecule has 0 bridgehead atoms. The second-order valence-corrected chi connectivity index (χ2v) is 4.52. The zero-order valence-corrected chi connectivity index (χ0v) is 11.4. The number of hydrogen-bond donors (Lipinski definition) is 1. The molecular weight excluding hydrogens is 260 g/mol. The Balaban J connectivity index is 1.66. The van der Waals surface area contributed by atoms with Gasteiger partial charge in [0, 0.05) is 44.8 Å². The van der Waals surface area contributed by atoms with Crippen LogP contribution in [0.25, 0.3) is 0 Å². The van der Waals surface area contributed by atoms with Crippen molar-refractivity contribution in [2.24, 2.45) is 5.10 Å². The molecule has 0 saturated carbocycles. The molecule has 0 aliphatic carbocycles. The molecule has 110 valence electrons. The minimum absolute atomic E-state index is 0.0611. The quantitative estimate of drug-likeness (QED) is 0.582. The van der Waals surface area contributed by atoms with E-state index in [2.05, 4.69) is 22.0 Å². The number of rotatable bonds is 5. The van der Waals surface area contributed by atoms with E-state index in [1.165, 1.54) is 6.20 Å². The highest BCUT2D eigenvalue weighted by atomic mass is 16.6. The van der Waals surface area contributed by atoms with E-state index in [1.54, 1.807) is 11.1 Å². The van der Waals surface area contributed by atoms with Crippen molar-refractivity contribution in [3.05, 3.63) is 25.1 Å². The minimum atomic E-state index is -0.237. The molecule has 7 nitrogen and oxygen atoms in total. The lowest BCUT2D eigenvalue weighted by Gasteiger charge is -2.35. The van der Waals surface area contributed by atoms with Gasteiger partial charge < -0.3 is 19.3 Å². The zero-order valence-electron chi connectivity index (χ0n) is 11.4. The predicted molar refractivity (Wildman–Crippen MR) is 75.2 cm³/mol. The molecule has 2 aliphatic rings. The van der Waals surface area contributed by atoms with E-state index < -0.39 is 0 Å². The molecule has 2 heterocycles. The summed E-state index contributed by atoms with van der Waals surface area (Å²) in [6, 6.07) is 0. The smallest absolute Gasteiger partial charge is 0.410 e. The molecule has 0 aromatic heterocycles. The number of nitrogens with one attached hydrogen (secondary N) is 1. The first-order valence-electron chi connectivity index (χ1n) is 6.63. The van der Waals surface area contributed by atoms with Crippen molar-refractivity contribution in [2.75, 3.05) is 39.4 Å². The lowest BCUT2D eigenvalue weighted by atomic mass is 10.3. The van der Waals surface area contributed by atoms with Crippen molar-refractivity contribution >= 4 is 12.3 Å². The number of carbonyl (C=O) groups is 1. The minimum Gasteiger partial charge on any atom is -0.441 e. The number of allylic oxidation sites excluding steroid dienone is 1. The van der Waals surface area contributed by atoms with E-state index in [0.717, 1.165) is 13.1 Å². The molecule has 1 amide bonds. The van der Waals surface area contributed by atoms with Crippen molar-refractivity contribution in [1.82, 2.24) is 15.2 Å². The third kappa shape index (κ3) is 4.27. The van der Waals surface area contributed by atoms with Crippen molar-refractivity contribution < 1.29 is 14.3 Å². The molecule has 0 unspecified atom stereocenters. The molecular formula is C13H20N4O3. The lowest BCUT2D eigenvalue weighted by Crippen LogP contribution is -2.49. The summed E-state index contributed by atoms with van der Waals surface area (Å²) in [6.07, 6.45) is 6.65. The first-order valence-corrected chi connectivity index (χ1v) is 6.63. The molecule has 2 rings (SSSR count). The number of carbonyl (C=O) groups excluding carboxylic acids is 1. The molecule has 1 N–H and O–H groups in total. The van der Waals surface area contributed by atoms with Crippen molar-refractivity contribution in [2.45, 2.75) is 6.10 Å². The number of hydrazone groups is 1. The highest BCUT2D eigenvalue weighted by molar-refractivity contribution is 5.70. The fourth-order valence-corrected chi connectivity index (χ4v) is 1.85. The SMILES string of the molecule is C=CN/N=C\C=C\N1CCN(C(=O)OC2COC2)CC1. The molecule has 7 heteroatoms. The second kappa shape index (κ2) is 7.54. The van der Waals surface area contributed by atoms with Crippen LogP contribution in [0.5, 0.6) is 0 Å². The predicted octanol–water partition coefficient (Wildman–Crippen LogP) is 0.372. The standard InChI is InChI=1S/C13H20N4O3/c1-2-14-15-4-3-5-16-6-8-17(9-7-16)13(18)20-12-10-19-11-12/h2-5,12,14H,1,6-11H2/b5-3+,15-4-. The zero-order chi connectivity index (χ0) is 14.2. The van der Waals surface area contributed by atoms with Gasteiger partial charge in [0.25, 0.3) is 0 Å². The molecule has 0 aromatic rings. The molecule has 0 atom stereocenters. The van der Waals surface area contributed by atoms with Gasteiger partial charge in [0.1, 0.15) is 0 Å². The van der Waals surface area contributed by atoms with Crippen LogP contribution in [-0.2, 0) is 9.47 Å². The number of amides is 1. The van der Waals surface area contributed by atoms with Crippen LogP contribution in [0, 0.1) is 0 Å². The second-order valence-electron chi connectivity index (χ2n) is 4.52. The molecule has 20 heavy (non-hydrogen) atoms. The Morgan fingerprint density at radius 3 is 2.70 bits per heavy atom.